The van der Waals surface area contributed by atoms with Crippen molar-refractivity contribution in [1.82, 2.24) is 20.1 Å². The molecule has 0 bridgehead atoms. The Labute approximate surface area is 142 Å². The number of benzene rings is 1. The monoisotopic (exact) mass is 324 g/mol. The molecule has 5 nitrogen and oxygen atoms in total. The fourth-order valence-corrected chi connectivity index (χ4v) is 3.58. The van der Waals surface area contributed by atoms with E-state index in [1.807, 2.05) is 12.1 Å². The lowest BCUT2D eigenvalue weighted by Crippen LogP contribution is -2.32. The molecule has 3 heterocycles. The van der Waals surface area contributed by atoms with Crippen molar-refractivity contribution in [3.05, 3.63) is 47.1 Å². The summed E-state index contributed by atoms with van der Waals surface area (Å²) in [7, 11) is 0. The molecule has 0 saturated carbocycles. The van der Waals surface area contributed by atoms with Crippen molar-refractivity contribution in [3.8, 4) is 5.75 Å². The Kier molecular flexibility index (Phi) is 4.34. The second-order valence-electron chi connectivity index (χ2n) is 6.66. The van der Waals surface area contributed by atoms with E-state index in [2.05, 4.69) is 45.2 Å². The van der Waals surface area contributed by atoms with E-state index >= 15 is 0 Å². The average Bonchev–Trinajstić information content (AvgIpc) is 3.04. The van der Waals surface area contributed by atoms with E-state index in [-0.39, 0.29) is 0 Å². The number of hydrogen-bond acceptors (Lipinski definition) is 4. The van der Waals surface area contributed by atoms with E-state index in [0.717, 1.165) is 49.9 Å². The Morgan fingerprint density at radius 3 is 3.12 bits per heavy atom. The number of ether oxygens (including phenoxy) is 1. The molecule has 5 heteroatoms. The quantitative estimate of drug-likeness (QED) is 0.918. The maximum absolute atomic E-state index is 5.82. The maximum Gasteiger partial charge on any atom is 0.133 e. The average molecular weight is 324 g/mol. The molecule has 0 aliphatic carbocycles. The zero-order chi connectivity index (χ0) is 16.4. The molecule has 0 saturated heterocycles. The number of fused-ring (bicyclic) bond motifs is 2. The first-order chi connectivity index (χ1) is 11.8. The molecule has 2 aromatic rings. The van der Waals surface area contributed by atoms with Gasteiger partial charge in [0.1, 0.15) is 24.0 Å². The molecule has 2 aliphatic heterocycles. The van der Waals surface area contributed by atoms with Crippen LogP contribution in [0.1, 0.15) is 30.6 Å². The third-order valence-electron chi connectivity index (χ3n) is 4.91. The fourth-order valence-electron chi connectivity index (χ4n) is 3.58. The zero-order valence-electron chi connectivity index (χ0n) is 14.2. The zero-order valence-corrected chi connectivity index (χ0v) is 14.2. The summed E-state index contributed by atoms with van der Waals surface area (Å²) in [6, 6.07) is 8.21. The molecule has 1 aromatic heterocycles. The first-order valence-electron chi connectivity index (χ1n) is 8.86. The summed E-state index contributed by atoms with van der Waals surface area (Å²) in [6.07, 6.45) is 5.43. The molecule has 126 valence electrons. The molecular weight excluding hydrogens is 300 g/mol. The van der Waals surface area contributed by atoms with Crippen LogP contribution in [-0.4, -0.2) is 34.5 Å². The predicted octanol–water partition coefficient (Wildman–Crippen LogP) is 2.47. The van der Waals surface area contributed by atoms with Crippen LogP contribution in [0.5, 0.6) is 5.75 Å². The fraction of sp³-hybridized carbons (Fsp3) is 0.474. The SMILES string of the molecule is CCc1nnc2n1C[C@@H](CNCC1=Cc3ccccc3OC1)CC2. The smallest absolute Gasteiger partial charge is 0.133 e. The lowest BCUT2D eigenvalue weighted by molar-refractivity contribution is 0.330. The molecule has 0 amide bonds. The van der Waals surface area contributed by atoms with Crippen LogP contribution in [0.3, 0.4) is 0 Å². The van der Waals surface area contributed by atoms with Crippen LogP contribution >= 0.6 is 0 Å². The highest BCUT2D eigenvalue weighted by Crippen LogP contribution is 2.25. The Balaban J connectivity index is 1.32. The van der Waals surface area contributed by atoms with Crippen molar-refractivity contribution in [1.29, 1.82) is 0 Å². The summed E-state index contributed by atoms with van der Waals surface area (Å²) in [5.74, 6) is 3.91. The van der Waals surface area contributed by atoms with Crippen LogP contribution in [0.15, 0.2) is 29.8 Å². The van der Waals surface area contributed by atoms with Gasteiger partial charge in [0.15, 0.2) is 0 Å². The van der Waals surface area contributed by atoms with Crippen molar-refractivity contribution in [2.45, 2.75) is 32.7 Å². The first kappa shape index (κ1) is 15.4. The van der Waals surface area contributed by atoms with Gasteiger partial charge in [0.25, 0.3) is 0 Å². The highest BCUT2D eigenvalue weighted by molar-refractivity contribution is 5.62. The minimum absolute atomic E-state index is 0.649. The van der Waals surface area contributed by atoms with Gasteiger partial charge in [-0.05, 0) is 36.6 Å². The second-order valence-corrected chi connectivity index (χ2v) is 6.66. The van der Waals surface area contributed by atoms with Crippen LogP contribution in [-0.2, 0) is 19.4 Å². The van der Waals surface area contributed by atoms with E-state index in [1.54, 1.807) is 0 Å². The molecule has 1 N–H and O–H groups in total. The van der Waals surface area contributed by atoms with Crippen LogP contribution in [0.25, 0.3) is 6.08 Å². The third-order valence-corrected chi connectivity index (χ3v) is 4.91. The van der Waals surface area contributed by atoms with Crippen molar-refractivity contribution in [2.75, 3.05) is 19.7 Å². The van der Waals surface area contributed by atoms with Gasteiger partial charge in [-0.15, -0.1) is 10.2 Å². The highest BCUT2D eigenvalue weighted by Gasteiger charge is 2.22. The summed E-state index contributed by atoms with van der Waals surface area (Å²) < 4.78 is 8.13. The van der Waals surface area contributed by atoms with Crippen molar-refractivity contribution < 1.29 is 4.74 Å². The number of nitrogens with one attached hydrogen (secondary N) is 1. The first-order valence-corrected chi connectivity index (χ1v) is 8.86. The Morgan fingerprint density at radius 2 is 2.21 bits per heavy atom. The van der Waals surface area contributed by atoms with Gasteiger partial charge in [0.05, 0.1) is 0 Å². The van der Waals surface area contributed by atoms with Crippen LogP contribution in [0.2, 0.25) is 0 Å². The molecule has 24 heavy (non-hydrogen) atoms. The maximum atomic E-state index is 5.82. The number of para-hydroxylation sites is 1. The van der Waals surface area contributed by atoms with Crippen LogP contribution in [0, 0.1) is 5.92 Å². The standard InChI is InChI=1S/C19H24N4O/c1-2-18-21-22-19-8-7-14(12-23(18)19)10-20-11-15-9-16-5-3-4-6-17(16)24-13-15/h3-6,9,14,20H,2,7-8,10-13H2,1H3/t14-/m1/s1. The van der Waals surface area contributed by atoms with Gasteiger partial charge >= 0.3 is 0 Å². The summed E-state index contributed by atoms with van der Waals surface area (Å²) in [5.41, 5.74) is 2.49. The van der Waals surface area contributed by atoms with Crippen molar-refractivity contribution >= 4 is 6.08 Å². The van der Waals surface area contributed by atoms with E-state index < -0.39 is 0 Å². The summed E-state index contributed by atoms with van der Waals surface area (Å²) in [6.45, 7) is 5.79. The van der Waals surface area contributed by atoms with Gasteiger partial charge in [-0.1, -0.05) is 25.1 Å². The number of aromatic nitrogens is 3. The molecule has 0 fully saturated rings. The Hall–Kier alpha value is -2.14. The number of aryl methyl sites for hydroxylation is 2. The van der Waals surface area contributed by atoms with Crippen LogP contribution < -0.4 is 10.1 Å². The summed E-state index contributed by atoms with van der Waals surface area (Å²) in [4.78, 5) is 0. The van der Waals surface area contributed by atoms with Gasteiger partial charge in [0, 0.05) is 31.5 Å². The number of nitrogens with zero attached hydrogens (tertiary/aromatic N) is 3. The lowest BCUT2D eigenvalue weighted by Gasteiger charge is -2.25. The van der Waals surface area contributed by atoms with Gasteiger partial charge in [-0.25, -0.2) is 0 Å². The van der Waals surface area contributed by atoms with Gasteiger partial charge in [-0.3, -0.25) is 0 Å². The summed E-state index contributed by atoms with van der Waals surface area (Å²) >= 11 is 0. The van der Waals surface area contributed by atoms with Gasteiger partial charge in [-0.2, -0.15) is 0 Å². The normalized spacial score (nSPS) is 19.2. The van der Waals surface area contributed by atoms with E-state index in [1.165, 1.54) is 17.6 Å². The topological polar surface area (TPSA) is 52.0 Å². The third kappa shape index (κ3) is 3.08. The van der Waals surface area contributed by atoms with E-state index in [4.69, 9.17) is 4.74 Å². The molecule has 0 radical (unpaired) electrons. The second kappa shape index (κ2) is 6.77. The van der Waals surface area contributed by atoms with E-state index in [0.29, 0.717) is 12.5 Å². The van der Waals surface area contributed by atoms with Crippen molar-refractivity contribution in [3.63, 3.8) is 0 Å². The predicted molar refractivity (Wildman–Crippen MR) is 94.0 cm³/mol. The minimum atomic E-state index is 0.649. The molecule has 2 aliphatic rings. The van der Waals surface area contributed by atoms with Gasteiger partial charge in [0.2, 0.25) is 0 Å². The molecule has 1 aromatic carbocycles. The number of rotatable bonds is 5. The van der Waals surface area contributed by atoms with Crippen molar-refractivity contribution in [2.24, 2.45) is 5.92 Å². The van der Waals surface area contributed by atoms with Gasteiger partial charge < -0.3 is 14.6 Å². The molecule has 1 atom stereocenters. The highest BCUT2D eigenvalue weighted by atomic mass is 16.5. The molecule has 0 unspecified atom stereocenters. The van der Waals surface area contributed by atoms with E-state index in [9.17, 15) is 0 Å². The Morgan fingerprint density at radius 1 is 1.29 bits per heavy atom. The molecular formula is C19H24N4O. The largest absolute Gasteiger partial charge is 0.489 e. The Bertz CT molecular complexity index is 736. The minimum Gasteiger partial charge on any atom is -0.489 e. The number of hydrogen-bond donors (Lipinski definition) is 1. The summed E-state index contributed by atoms with van der Waals surface area (Å²) in [5, 5.41) is 12.2. The molecule has 0 spiro atoms. The molecule has 4 rings (SSSR count). The lowest BCUT2D eigenvalue weighted by atomic mass is 9.99. The van der Waals surface area contributed by atoms with Crippen LogP contribution in [0.4, 0.5) is 0 Å².